The van der Waals surface area contributed by atoms with Crippen LogP contribution in [0.4, 0.5) is 0 Å². The van der Waals surface area contributed by atoms with Crippen molar-refractivity contribution < 1.29 is 9.21 Å². The van der Waals surface area contributed by atoms with E-state index in [4.69, 9.17) is 9.68 Å². The van der Waals surface area contributed by atoms with Crippen LogP contribution < -0.4 is 0 Å². The maximum absolute atomic E-state index is 12.7. The SMILES string of the molecule is Cc1ccc(-c2cnc(CCC(=O)N(CCC#N)Cc3cccnc3)o2)cc1. The normalized spacial score (nSPS) is 10.4. The largest absolute Gasteiger partial charge is 0.441 e. The van der Waals surface area contributed by atoms with Crippen LogP contribution in [-0.2, 0) is 17.8 Å². The zero-order valence-corrected chi connectivity index (χ0v) is 15.8. The van der Waals surface area contributed by atoms with Crippen molar-refractivity contribution >= 4 is 5.91 Å². The average molecular weight is 374 g/mol. The van der Waals surface area contributed by atoms with Gasteiger partial charge in [0, 0.05) is 43.9 Å². The summed E-state index contributed by atoms with van der Waals surface area (Å²) in [7, 11) is 0. The lowest BCUT2D eigenvalue weighted by atomic mass is 10.1. The molecule has 0 aliphatic rings. The fraction of sp³-hybridized carbons (Fsp3) is 0.273. The molecule has 0 aliphatic heterocycles. The molecular weight excluding hydrogens is 352 g/mol. The van der Waals surface area contributed by atoms with Crippen molar-refractivity contribution in [1.29, 1.82) is 5.26 Å². The fourth-order valence-corrected chi connectivity index (χ4v) is 2.84. The molecule has 0 atom stereocenters. The summed E-state index contributed by atoms with van der Waals surface area (Å²) in [5, 5.41) is 8.87. The van der Waals surface area contributed by atoms with Crippen LogP contribution in [0.3, 0.4) is 0 Å². The molecule has 3 aromatic rings. The number of nitriles is 1. The van der Waals surface area contributed by atoms with Crippen LogP contribution in [0.1, 0.15) is 29.9 Å². The third-order valence-electron chi connectivity index (χ3n) is 4.38. The van der Waals surface area contributed by atoms with Gasteiger partial charge in [0.25, 0.3) is 0 Å². The second-order valence-corrected chi connectivity index (χ2v) is 6.57. The molecule has 0 unspecified atom stereocenters. The van der Waals surface area contributed by atoms with Crippen LogP contribution >= 0.6 is 0 Å². The molecule has 142 valence electrons. The number of benzene rings is 1. The van der Waals surface area contributed by atoms with Gasteiger partial charge in [0.1, 0.15) is 0 Å². The van der Waals surface area contributed by atoms with E-state index in [0.29, 0.717) is 37.6 Å². The van der Waals surface area contributed by atoms with Crippen LogP contribution in [0, 0.1) is 18.3 Å². The minimum absolute atomic E-state index is 0.0332. The molecule has 0 saturated heterocycles. The summed E-state index contributed by atoms with van der Waals surface area (Å²) >= 11 is 0. The Balaban J connectivity index is 1.60. The Kier molecular flexibility index (Phi) is 6.53. The maximum Gasteiger partial charge on any atom is 0.223 e. The van der Waals surface area contributed by atoms with Crippen molar-refractivity contribution in [2.45, 2.75) is 32.7 Å². The molecule has 6 nitrogen and oxygen atoms in total. The van der Waals surface area contributed by atoms with Gasteiger partial charge < -0.3 is 9.32 Å². The van der Waals surface area contributed by atoms with E-state index < -0.39 is 0 Å². The van der Waals surface area contributed by atoms with E-state index in [1.54, 1.807) is 23.5 Å². The molecule has 1 aromatic carbocycles. The smallest absolute Gasteiger partial charge is 0.223 e. The lowest BCUT2D eigenvalue weighted by Gasteiger charge is -2.21. The summed E-state index contributed by atoms with van der Waals surface area (Å²) in [4.78, 5) is 22.7. The molecule has 0 N–H and O–H groups in total. The number of nitrogens with zero attached hydrogens (tertiary/aromatic N) is 4. The second-order valence-electron chi connectivity index (χ2n) is 6.57. The molecule has 0 radical (unpaired) electrons. The highest BCUT2D eigenvalue weighted by atomic mass is 16.4. The molecule has 0 saturated carbocycles. The summed E-state index contributed by atoms with van der Waals surface area (Å²) in [6.45, 7) is 2.86. The molecule has 0 spiro atoms. The lowest BCUT2D eigenvalue weighted by Crippen LogP contribution is -2.31. The van der Waals surface area contributed by atoms with Crippen molar-refractivity contribution in [1.82, 2.24) is 14.9 Å². The number of pyridine rings is 1. The van der Waals surface area contributed by atoms with Crippen LogP contribution in [0.2, 0.25) is 0 Å². The van der Waals surface area contributed by atoms with Gasteiger partial charge >= 0.3 is 0 Å². The first kappa shape index (κ1) is 19.3. The number of hydrogen-bond donors (Lipinski definition) is 0. The van der Waals surface area contributed by atoms with Gasteiger partial charge in [-0.05, 0) is 18.6 Å². The average Bonchev–Trinajstić information content (AvgIpc) is 3.19. The van der Waals surface area contributed by atoms with Crippen molar-refractivity contribution in [3.63, 3.8) is 0 Å². The van der Waals surface area contributed by atoms with Gasteiger partial charge in [0.15, 0.2) is 11.7 Å². The zero-order valence-electron chi connectivity index (χ0n) is 15.8. The van der Waals surface area contributed by atoms with Gasteiger partial charge in [0.2, 0.25) is 5.91 Å². The molecule has 6 heteroatoms. The number of amides is 1. The summed E-state index contributed by atoms with van der Waals surface area (Å²) in [6, 6.07) is 13.9. The first-order valence-corrected chi connectivity index (χ1v) is 9.21. The maximum atomic E-state index is 12.7. The lowest BCUT2D eigenvalue weighted by molar-refractivity contribution is -0.131. The molecule has 2 aromatic heterocycles. The standard InChI is InChI=1S/C22H22N4O2/c1-17-5-7-19(8-6-17)20-15-25-21(28-20)9-10-22(27)26(13-3-11-23)16-18-4-2-12-24-14-18/h2,4-8,12,14-15H,3,9-10,13,16H2,1H3. The van der Waals surface area contributed by atoms with Gasteiger partial charge in [-0.2, -0.15) is 5.26 Å². The molecule has 1 amide bonds. The van der Waals surface area contributed by atoms with Crippen molar-refractivity contribution in [3.8, 4) is 17.4 Å². The first-order valence-electron chi connectivity index (χ1n) is 9.21. The van der Waals surface area contributed by atoms with Gasteiger partial charge in [-0.15, -0.1) is 0 Å². The Morgan fingerprint density at radius 2 is 2.04 bits per heavy atom. The van der Waals surface area contributed by atoms with Crippen LogP contribution in [-0.4, -0.2) is 27.3 Å². The minimum Gasteiger partial charge on any atom is -0.441 e. The first-order chi connectivity index (χ1) is 13.7. The Morgan fingerprint density at radius 3 is 2.75 bits per heavy atom. The van der Waals surface area contributed by atoms with Crippen molar-refractivity contribution in [2.24, 2.45) is 0 Å². The highest BCUT2D eigenvalue weighted by Crippen LogP contribution is 2.21. The Morgan fingerprint density at radius 1 is 1.21 bits per heavy atom. The molecule has 2 heterocycles. The van der Waals surface area contributed by atoms with Crippen molar-refractivity contribution in [3.05, 3.63) is 72.0 Å². The molecule has 28 heavy (non-hydrogen) atoms. The van der Waals surface area contributed by atoms with E-state index in [2.05, 4.69) is 16.0 Å². The predicted molar refractivity (Wildman–Crippen MR) is 105 cm³/mol. The van der Waals surface area contributed by atoms with E-state index in [1.807, 2.05) is 43.3 Å². The highest BCUT2D eigenvalue weighted by molar-refractivity contribution is 5.76. The van der Waals surface area contributed by atoms with Crippen LogP contribution in [0.5, 0.6) is 0 Å². The number of carbonyl (C=O) groups excluding carboxylic acids is 1. The number of rotatable bonds is 8. The number of aromatic nitrogens is 2. The summed E-state index contributed by atoms with van der Waals surface area (Å²) in [5.74, 6) is 1.19. The topological polar surface area (TPSA) is 83.0 Å². The van der Waals surface area contributed by atoms with E-state index in [9.17, 15) is 4.79 Å². The fourth-order valence-electron chi connectivity index (χ4n) is 2.84. The predicted octanol–water partition coefficient (Wildman–Crippen LogP) is 3.92. The van der Waals surface area contributed by atoms with Gasteiger partial charge in [0.05, 0.1) is 18.7 Å². The molecule has 0 bridgehead atoms. The Bertz CT molecular complexity index is 943. The summed E-state index contributed by atoms with van der Waals surface area (Å²) < 4.78 is 5.79. The second kappa shape index (κ2) is 9.47. The summed E-state index contributed by atoms with van der Waals surface area (Å²) in [5.41, 5.74) is 3.08. The minimum atomic E-state index is -0.0332. The van der Waals surface area contributed by atoms with E-state index in [1.165, 1.54) is 5.56 Å². The molecule has 3 rings (SSSR count). The summed E-state index contributed by atoms with van der Waals surface area (Å²) in [6.07, 6.45) is 6.10. The van der Waals surface area contributed by atoms with E-state index in [-0.39, 0.29) is 12.3 Å². The van der Waals surface area contributed by atoms with Gasteiger partial charge in [-0.3, -0.25) is 9.78 Å². The third-order valence-corrected chi connectivity index (χ3v) is 4.38. The molecule has 0 aliphatic carbocycles. The highest BCUT2D eigenvalue weighted by Gasteiger charge is 2.16. The molecule has 0 fully saturated rings. The van der Waals surface area contributed by atoms with E-state index >= 15 is 0 Å². The van der Waals surface area contributed by atoms with Crippen LogP contribution in [0.15, 0.2) is 59.4 Å². The Labute approximate surface area is 164 Å². The van der Waals surface area contributed by atoms with Crippen LogP contribution in [0.25, 0.3) is 11.3 Å². The quantitative estimate of drug-likeness (QED) is 0.597. The molecular formula is C22H22N4O2. The third kappa shape index (κ3) is 5.27. The monoisotopic (exact) mass is 374 g/mol. The number of oxazole rings is 1. The number of aryl methyl sites for hydroxylation is 2. The number of carbonyl (C=O) groups is 1. The van der Waals surface area contributed by atoms with Gasteiger partial charge in [-0.1, -0.05) is 35.9 Å². The van der Waals surface area contributed by atoms with E-state index in [0.717, 1.165) is 11.1 Å². The number of hydrogen-bond acceptors (Lipinski definition) is 5. The Hall–Kier alpha value is -3.46. The van der Waals surface area contributed by atoms with Crippen molar-refractivity contribution in [2.75, 3.05) is 6.54 Å². The van der Waals surface area contributed by atoms with Gasteiger partial charge in [-0.25, -0.2) is 4.98 Å². The zero-order chi connectivity index (χ0) is 19.8.